The molecule has 5 nitrogen and oxygen atoms in total. The van der Waals surface area contributed by atoms with Gasteiger partial charge in [0.05, 0.1) is 17.6 Å². The highest BCUT2D eigenvalue weighted by molar-refractivity contribution is 7.89. The van der Waals surface area contributed by atoms with Gasteiger partial charge in [-0.3, -0.25) is 4.90 Å². The van der Waals surface area contributed by atoms with E-state index in [1.54, 1.807) is 12.1 Å². The van der Waals surface area contributed by atoms with Crippen LogP contribution in [-0.4, -0.2) is 45.7 Å². The van der Waals surface area contributed by atoms with E-state index in [1.807, 2.05) is 48.5 Å². The third-order valence-corrected chi connectivity index (χ3v) is 6.43. The van der Waals surface area contributed by atoms with Crippen LogP contribution >= 0.6 is 0 Å². The van der Waals surface area contributed by atoms with Crippen LogP contribution in [0.4, 0.5) is 0 Å². The average Bonchev–Trinajstić information content (AvgIpc) is 2.73. The summed E-state index contributed by atoms with van der Waals surface area (Å²) in [6, 6.07) is 23.2. The van der Waals surface area contributed by atoms with Crippen LogP contribution in [0.25, 0.3) is 10.8 Å². The standard InChI is InChI=1S/C22H24N2O3S/c25-28(26,22-11-10-19-8-4-5-9-20(19)14-22)23-15-21-17-24(12-13-27-21)16-18-6-2-1-3-7-18/h1-11,14,21,23H,12-13,15-17H2/t21-/m1/s1. The molecule has 0 saturated carbocycles. The summed E-state index contributed by atoms with van der Waals surface area (Å²) in [6.07, 6.45) is -0.160. The molecule has 0 bridgehead atoms. The van der Waals surface area contributed by atoms with Crippen molar-refractivity contribution in [2.45, 2.75) is 17.5 Å². The van der Waals surface area contributed by atoms with E-state index >= 15 is 0 Å². The van der Waals surface area contributed by atoms with Crippen molar-refractivity contribution in [3.63, 3.8) is 0 Å². The first-order valence-corrected chi connectivity index (χ1v) is 10.9. The fourth-order valence-corrected chi connectivity index (χ4v) is 4.61. The van der Waals surface area contributed by atoms with Crippen molar-refractivity contribution in [2.24, 2.45) is 0 Å². The molecule has 146 valence electrons. The molecule has 28 heavy (non-hydrogen) atoms. The van der Waals surface area contributed by atoms with E-state index < -0.39 is 10.0 Å². The first-order chi connectivity index (χ1) is 13.6. The Morgan fingerprint density at radius 2 is 1.71 bits per heavy atom. The molecule has 1 atom stereocenters. The molecule has 0 radical (unpaired) electrons. The van der Waals surface area contributed by atoms with Crippen LogP contribution in [0.5, 0.6) is 0 Å². The maximum absolute atomic E-state index is 12.7. The molecule has 0 spiro atoms. The second-order valence-electron chi connectivity index (χ2n) is 7.07. The Labute approximate surface area is 166 Å². The Morgan fingerprint density at radius 3 is 2.54 bits per heavy atom. The third-order valence-electron chi connectivity index (χ3n) is 5.00. The van der Waals surface area contributed by atoms with Crippen molar-refractivity contribution in [3.8, 4) is 0 Å². The molecule has 0 unspecified atom stereocenters. The van der Waals surface area contributed by atoms with Crippen LogP contribution < -0.4 is 4.72 Å². The van der Waals surface area contributed by atoms with Gasteiger partial charge in [-0.25, -0.2) is 13.1 Å². The van der Waals surface area contributed by atoms with E-state index in [0.29, 0.717) is 13.2 Å². The quantitative estimate of drug-likeness (QED) is 0.696. The van der Waals surface area contributed by atoms with Gasteiger partial charge in [-0.15, -0.1) is 0 Å². The van der Waals surface area contributed by atoms with Crippen molar-refractivity contribution in [1.29, 1.82) is 0 Å². The van der Waals surface area contributed by atoms with Crippen LogP contribution in [0.2, 0.25) is 0 Å². The Hall–Kier alpha value is -2.25. The molecule has 0 aromatic heterocycles. The summed E-state index contributed by atoms with van der Waals surface area (Å²) in [5.41, 5.74) is 1.25. The number of hydrogen-bond donors (Lipinski definition) is 1. The van der Waals surface area contributed by atoms with Crippen LogP contribution in [0.3, 0.4) is 0 Å². The van der Waals surface area contributed by atoms with Gasteiger partial charge in [0.1, 0.15) is 0 Å². The maximum atomic E-state index is 12.7. The van der Waals surface area contributed by atoms with Gasteiger partial charge < -0.3 is 4.74 Å². The lowest BCUT2D eigenvalue weighted by Crippen LogP contribution is -2.47. The van der Waals surface area contributed by atoms with E-state index in [2.05, 4.69) is 21.8 Å². The first-order valence-electron chi connectivity index (χ1n) is 9.46. The second-order valence-corrected chi connectivity index (χ2v) is 8.84. The van der Waals surface area contributed by atoms with Gasteiger partial charge in [0, 0.05) is 26.2 Å². The lowest BCUT2D eigenvalue weighted by Gasteiger charge is -2.33. The fourth-order valence-electron chi connectivity index (χ4n) is 3.51. The van der Waals surface area contributed by atoms with Crippen molar-refractivity contribution < 1.29 is 13.2 Å². The summed E-state index contributed by atoms with van der Waals surface area (Å²) >= 11 is 0. The summed E-state index contributed by atoms with van der Waals surface area (Å²) in [6.45, 7) is 3.27. The Bertz CT molecular complexity index is 1040. The number of benzene rings is 3. The van der Waals surface area contributed by atoms with Crippen LogP contribution in [-0.2, 0) is 21.3 Å². The zero-order valence-electron chi connectivity index (χ0n) is 15.6. The summed E-state index contributed by atoms with van der Waals surface area (Å²) in [5.74, 6) is 0. The maximum Gasteiger partial charge on any atom is 0.240 e. The van der Waals surface area contributed by atoms with Gasteiger partial charge in [0.2, 0.25) is 10.0 Å². The number of sulfonamides is 1. The minimum absolute atomic E-state index is 0.160. The van der Waals surface area contributed by atoms with Gasteiger partial charge in [-0.2, -0.15) is 0 Å². The molecule has 0 amide bonds. The van der Waals surface area contributed by atoms with Crippen molar-refractivity contribution in [2.75, 3.05) is 26.2 Å². The molecular weight excluding hydrogens is 372 g/mol. The minimum Gasteiger partial charge on any atom is -0.374 e. The van der Waals surface area contributed by atoms with Crippen molar-refractivity contribution >= 4 is 20.8 Å². The molecule has 3 aromatic carbocycles. The molecule has 1 aliphatic heterocycles. The highest BCUT2D eigenvalue weighted by Crippen LogP contribution is 2.19. The molecule has 3 aromatic rings. The summed E-state index contributed by atoms with van der Waals surface area (Å²) in [4.78, 5) is 2.58. The Morgan fingerprint density at radius 1 is 0.964 bits per heavy atom. The molecule has 1 saturated heterocycles. The lowest BCUT2D eigenvalue weighted by atomic mass is 10.1. The smallest absolute Gasteiger partial charge is 0.240 e. The van der Waals surface area contributed by atoms with Gasteiger partial charge >= 0.3 is 0 Å². The SMILES string of the molecule is O=S(=O)(NC[C@@H]1CN(Cc2ccccc2)CCO1)c1ccc2ccccc2c1. The topological polar surface area (TPSA) is 58.6 Å². The largest absolute Gasteiger partial charge is 0.374 e. The van der Waals surface area contributed by atoms with Gasteiger partial charge in [-0.1, -0.05) is 60.7 Å². The first kappa shape index (κ1) is 19.1. The lowest BCUT2D eigenvalue weighted by molar-refractivity contribution is -0.0276. The molecule has 1 heterocycles. The molecule has 1 fully saturated rings. The summed E-state index contributed by atoms with van der Waals surface area (Å²) in [5, 5.41) is 1.93. The number of morpholine rings is 1. The van der Waals surface area contributed by atoms with Crippen LogP contribution in [0.1, 0.15) is 5.56 Å². The van der Waals surface area contributed by atoms with Crippen LogP contribution in [0.15, 0.2) is 77.7 Å². The third kappa shape index (κ3) is 4.59. The van der Waals surface area contributed by atoms with Gasteiger partial charge in [0.25, 0.3) is 0 Å². The van der Waals surface area contributed by atoms with Crippen molar-refractivity contribution in [1.82, 2.24) is 9.62 Å². The van der Waals surface area contributed by atoms with E-state index in [0.717, 1.165) is 23.9 Å². The number of nitrogens with one attached hydrogen (secondary N) is 1. The minimum atomic E-state index is -3.58. The summed E-state index contributed by atoms with van der Waals surface area (Å²) < 4.78 is 33.9. The van der Waals surface area contributed by atoms with Gasteiger partial charge in [0.15, 0.2) is 0 Å². The fraction of sp³-hybridized carbons (Fsp3) is 0.273. The number of nitrogens with zero attached hydrogens (tertiary/aromatic N) is 1. The molecular formula is C22H24N2O3S. The highest BCUT2D eigenvalue weighted by Gasteiger charge is 2.23. The highest BCUT2D eigenvalue weighted by atomic mass is 32.2. The van der Waals surface area contributed by atoms with Crippen molar-refractivity contribution in [3.05, 3.63) is 78.4 Å². The zero-order chi connectivity index (χ0) is 19.4. The normalized spacial score (nSPS) is 18.4. The predicted molar refractivity (Wildman–Crippen MR) is 111 cm³/mol. The van der Waals surface area contributed by atoms with Crippen LogP contribution in [0, 0.1) is 0 Å². The van der Waals surface area contributed by atoms with E-state index in [9.17, 15) is 8.42 Å². The number of rotatable bonds is 6. The molecule has 0 aliphatic carbocycles. The molecule has 1 aliphatic rings. The zero-order valence-corrected chi connectivity index (χ0v) is 16.4. The van der Waals surface area contributed by atoms with E-state index in [-0.39, 0.29) is 17.5 Å². The number of hydrogen-bond acceptors (Lipinski definition) is 4. The van der Waals surface area contributed by atoms with E-state index in [1.165, 1.54) is 5.56 Å². The average molecular weight is 397 g/mol. The van der Waals surface area contributed by atoms with E-state index in [4.69, 9.17) is 4.74 Å². The van der Waals surface area contributed by atoms with Gasteiger partial charge in [-0.05, 0) is 28.5 Å². The molecule has 6 heteroatoms. The monoisotopic (exact) mass is 396 g/mol. The predicted octanol–water partition coefficient (Wildman–Crippen LogP) is 3.02. The Kier molecular flexibility index (Phi) is 5.73. The number of fused-ring (bicyclic) bond motifs is 1. The molecule has 4 rings (SSSR count). The second kappa shape index (κ2) is 8.41. The molecule has 1 N–H and O–H groups in total. The number of ether oxygens (including phenoxy) is 1. The summed E-state index contributed by atoms with van der Waals surface area (Å²) in [7, 11) is -3.58. The Balaban J connectivity index is 1.38.